The topological polar surface area (TPSA) is 63.7 Å². The number of nitrogens with one attached hydrogen (secondary N) is 1. The lowest BCUT2D eigenvalue weighted by molar-refractivity contribution is -0.169. The van der Waals surface area contributed by atoms with Crippen molar-refractivity contribution in [2.45, 2.75) is 25.0 Å². The summed E-state index contributed by atoms with van der Waals surface area (Å²) in [5.74, 6) is -0.882. The van der Waals surface area contributed by atoms with Gasteiger partial charge in [-0.3, -0.25) is 9.78 Å². The highest BCUT2D eigenvalue weighted by molar-refractivity contribution is 5.93. The fourth-order valence-electron chi connectivity index (χ4n) is 3.69. The summed E-state index contributed by atoms with van der Waals surface area (Å²) in [5.41, 5.74) is 2.35. The van der Waals surface area contributed by atoms with Gasteiger partial charge in [0.25, 0.3) is 5.91 Å². The Bertz CT molecular complexity index is 812. The maximum absolute atomic E-state index is 12.9. The van der Waals surface area contributed by atoms with Gasteiger partial charge < -0.3 is 19.7 Å². The van der Waals surface area contributed by atoms with Crippen LogP contribution in [0.15, 0.2) is 42.6 Å². The lowest BCUT2D eigenvalue weighted by Crippen LogP contribution is -2.45. The molecule has 0 radical (unpaired) electrons. The molecule has 1 aromatic carbocycles. The van der Waals surface area contributed by atoms with E-state index in [1.54, 1.807) is 18.3 Å². The van der Waals surface area contributed by atoms with E-state index in [1.807, 2.05) is 12.1 Å². The first-order valence-electron chi connectivity index (χ1n) is 9.65. The Morgan fingerprint density at radius 3 is 2.57 bits per heavy atom. The molecule has 4 rings (SSSR count). The Kier molecular flexibility index (Phi) is 5.54. The highest BCUT2D eigenvalue weighted by atomic mass is 19.1. The predicted molar refractivity (Wildman–Crippen MR) is 103 cm³/mol. The van der Waals surface area contributed by atoms with E-state index in [-0.39, 0.29) is 11.7 Å². The van der Waals surface area contributed by atoms with Crippen LogP contribution in [0.3, 0.4) is 0 Å². The largest absolute Gasteiger partial charge is 0.371 e. The van der Waals surface area contributed by atoms with Gasteiger partial charge in [0.2, 0.25) is 0 Å². The standard InChI is InChI=1S/C21H24FN3O3/c22-17-3-1-16(2-4-17)5-9-24-20(26)19-15-18(6-10-23-19)25-11-7-21(8-12-25)27-13-14-28-21/h1-4,6,10,15H,5,7-9,11-14H2,(H,24,26). The zero-order valence-electron chi connectivity index (χ0n) is 15.7. The van der Waals surface area contributed by atoms with Crippen LogP contribution in [-0.2, 0) is 15.9 Å². The van der Waals surface area contributed by atoms with Crippen molar-refractivity contribution in [1.82, 2.24) is 10.3 Å². The van der Waals surface area contributed by atoms with Crippen LogP contribution >= 0.6 is 0 Å². The fraction of sp³-hybridized carbons (Fsp3) is 0.429. The number of carbonyl (C=O) groups is 1. The third-order valence-electron chi connectivity index (χ3n) is 5.29. The van der Waals surface area contributed by atoms with Crippen molar-refractivity contribution in [2.75, 3.05) is 37.7 Å². The number of hydrogen-bond donors (Lipinski definition) is 1. The molecule has 2 aliphatic rings. The molecule has 28 heavy (non-hydrogen) atoms. The number of nitrogens with zero attached hydrogens (tertiary/aromatic N) is 2. The van der Waals surface area contributed by atoms with Gasteiger partial charge in [-0.05, 0) is 36.2 Å². The molecular weight excluding hydrogens is 361 g/mol. The number of benzene rings is 1. The number of carbonyl (C=O) groups excluding carboxylic acids is 1. The van der Waals surface area contributed by atoms with E-state index in [1.165, 1.54) is 12.1 Å². The Balaban J connectivity index is 1.31. The Labute approximate surface area is 163 Å². The molecule has 0 aliphatic carbocycles. The molecule has 1 N–H and O–H groups in total. The van der Waals surface area contributed by atoms with Crippen LogP contribution in [0.4, 0.5) is 10.1 Å². The second-order valence-electron chi connectivity index (χ2n) is 7.13. The normalized spacial score (nSPS) is 18.4. The summed E-state index contributed by atoms with van der Waals surface area (Å²) in [6.45, 7) is 3.43. The molecule has 3 heterocycles. The third kappa shape index (κ3) is 4.31. The van der Waals surface area contributed by atoms with Gasteiger partial charge >= 0.3 is 0 Å². The molecule has 2 aliphatic heterocycles. The van der Waals surface area contributed by atoms with E-state index >= 15 is 0 Å². The number of rotatable bonds is 5. The Morgan fingerprint density at radius 1 is 1.14 bits per heavy atom. The van der Waals surface area contributed by atoms with Gasteiger partial charge in [-0.1, -0.05) is 12.1 Å². The van der Waals surface area contributed by atoms with Gasteiger partial charge in [-0.15, -0.1) is 0 Å². The summed E-state index contributed by atoms with van der Waals surface area (Å²) in [6, 6.07) is 10.0. The van der Waals surface area contributed by atoms with Crippen LogP contribution < -0.4 is 10.2 Å². The first-order valence-corrected chi connectivity index (χ1v) is 9.65. The van der Waals surface area contributed by atoms with Gasteiger partial charge in [0.1, 0.15) is 11.5 Å². The van der Waals surface area contributed by atoms with Crippen molar-refractivity contribution >= 4 is 11.6 Å². The van der Waals surface area contributed by atoms with E-state index in [0.717, 1.165) is 37.2 Å². The summed E-state index contributed by atoms with van der Waals surface area (Å²) in [4.78, 5) is 18.9. The highest BCUT2D eigenvalue weighted by Crippen LogP contribution is 2.33. The Morgan fingerprint density at radius 2 is 1.86 bits per heavy atom. The van der Waals surface area contributed by atoms with Gasteiger partial charge in [0.15, 0.2) is 5.79 Å². The van der Waals surface area contributed by atoms with Crippen LogP contribution in [-0.4, -0.2) is 49.5 Å². The summed E-state index contributed by atoms with van der Waals surface area (Å²) >= 11 is 0. The summed E-state index contributed by atoms with van der Waals surface area (Å²) < 4.78 is 24.5. The van der Waals surface area contributed by atoms with Crippen LogP contribution in [0.25, 0.3) is 0 Å². The highest BCUT2D eigenvalue weighted by Gasteiger charge is 2.39. The molecular formula is C21H24FN3O3. The monoisotopic (exact) mass is 385 g/mol. The summed E-state index contributed by atoms with van der Waals surface area (Å²) in [7, 11) is 0. The van der Waals surface area contributed by atoms with Crippen molar-refractivity contribution < 1.29 is 18.7 Å². The zero-order valence-corrected chi connectivity index (χ0v) is 15.7. The molecule has 2 aromatic rings. The predicted octanol–water partition coefficient (Wildman–Crippen LogP) is 2.54. The first-order chi connectivity index (χ1) is 13.6. The van der Waals surface area contributed by atoms with Gasteiger partial charge in [-0.25, -0.2) is 4.39 Å². The summed E-state index contributed by atoms with van der Waals surface area (Å²) in [6.07, 6.45) is 3.93. The lowest BCUT2D eigenvalue weighted by atomic mass is 10.0. The minimum atomic E-state index is -0.413. The van der Waals surface area contributed by atoms with Crippen molar-refractivity contribution in [2.24, 2.45) is 0 Å². The second kappa shape index (κ2) is 8.24. The van der Waals surface area contributed by atoms with Gasteiger partial charge in [0, 0.05) is 44.4 Å². The summed E-state index contributed by atoms with van der Waals surface area (Å²) in [5, 5.41) is 2.88. The molecule has 0 saturated carbocycles. The molecule has 2 fully saturated rings. The van der Waals surface area contributed by atoms with Crippen molar-refractivity contribution in [3.63, 3.8) is 0 Å². The molecule has 2 saturated heterocycles. The molecule has 148 valence electrons. The van der Waals surface area contributed by atoms with E-state index in [2.05, 4.69) is 15.2 Å². The minimum absolute atomic E-state index is 0.208. The van der Waals surface area contributed by atoms with Gasteiger partial charge in [-0.2, -0.15) is 0 Å². The SMILES string of the molecule is O=C(NCCc1ccc(F)cc1)c1cc(N2CCC3(CC2)OCCO3)ccn1. The minimum Gasteiger partial charge on any atom is -0.371 e. The molecule has 7 heteroatoms. The van der Waals surface area contributed by atoms with E-state index in [0.29, 0.717) is 31.9 Å². The number of piperidine rings is 1. The molecule has 1 amide bonds. The number of hydrogen-bond acceptors (Lipinski definition) is 5. The fourth-order valence-corrected chi connectivity index (χ4v) is 3.69. The van der Waals surface area contributed by atoms with Crippen LogP contribution in [0.1, 0.15) is 28.9 Å². The molecule has 0 bridgehead atoms. The van der Waals surface area contributed by atoms with Crippen molar-refractivity contribution in [3.05, 3.63) is 59.7 Å². The number of anilines is 1. The number of aromatic nitrogens is 1. The maximum Gasteiger partial charge on any atom is 0.269 e. The molecule has 0 unspecified atom stereocenters. The zero-order chi connectivity index (χ0) is 19.4. The number of pyridine rings is 1. The molecule has 6 nitrogen and oxygen atoms in total. The number of ether oxygens (including phenoxy) is 2. The number of halogens is 1. The average molecular weight is 385 g/mol. The third-order valence-corrected chi connectivity index (χ3v) is 5.29. The van der Waals surface area contributed by atoms with E-state index < -0.39 is 5.79 Å². The van der Waals surface area contributed by atoms with Crippen LogP contribution in [0.5, 0.6) is 0 Å². The second-order valence-corrected chi connectivity index (χ2v) is 7.13. The molecule has 1 aromatic heterocycles. The van der Waals surface area contributed by atoms with Crippen molar-refractivity contribution in [3.8, 4) is 0 Å². The first kappa shape index (κ1) is 18.8. The average Bonchev–Trinajstić information content (AvgIpc) is 3.18. The lowest BCUT2D eigenvalue weighted by Gasteiger charge is -2.38. The van der Waals surface area contributed by atoms with Crippen LogP contribution in [0, 0.1) is 5.82 Å². The van der Waals surface area contributed by atoms with E-state index in [4.69, 9.17) is 9.47 Å². The number of amides is 1. The maximum atomic E-state index is 12.9. The smallest absolute Gasteiger partial charge is 0.269 e. The molecule has 1 spiro atoms. The quantitative estimate of drug-likeness (QED) is 0.857. The van der Waals surface area contributed by atoms with Gasteiger partial charge in [0.05, 0.1) is 13.2 Å². The molecule has 0 atom stereocenters. The van der Waals surface area contributed by atoms with Crippen LogP contribution in [0.2, 0.25) is 0 Å². The Hall–Kier alpha value is -2.51. The van der Waals surface area contributed by atoms with E-state index in [9.17, 15) is 9.18 Å². The van der Waals surface area contributed by atoms with Crippen molar-refractivity contribution in [1.29, 1.82) is 0 Å².